The number of fused-ring (bicyclic) bond motifs is 1. The van der Waals surface area contributed by atoms with E-state index < -0.39 is 0 Å². The van der Waals surface area contributed by atoms with Gasteiger partial charge in [-0.3, -0.25) is 0 Å². The molecule has 0 spiro atoms. The Morgan fingerprint density at radius 3 is 2.79 bits per heavy atom. The second kappa shape index (κ2) is 3.45. The number of hydrogen-bond acceptors (Lipinski definition) is 1. The molecule has 2 heteroatoms. The number of aryl methyl sites for hydroxylation is 1. The topological polar surface area (TPSA) is 17.3 Å². The first-order valence-electron chi connectivity index (χ1n) is 5.09. The molecule has 0 atom stereocenters. The number of imidazole rings is 1. The van der Waals surface area contributed by atoms with Gasteiger partial charge in [-0.25, -0.2) is 4.98 Å². The van der Waals surface area contributed by atoms with Gasteiger partial charge in [0.15, 0.2) is 0 Å². The van der Waals surface area contributed by atoms with E-state index in [4.69, 9.17) is 0 Å². The smallest absolute Gasteiger partial charge is 0.136 e. The van der Waals surface area contributed by atoms with Crippen LogP contribution in [0.3, 0.4) is 0 Å². The second-order valence-electron chi connectivity index (χ2n) is 4.28. The lowest BCUT2D eigenvalue weighted by Gasteiger charge is -2.04. The molecular formula is C12H16N2. The molecule has 0 bridgehead atoms. The molecule has 0 saturated heterocycles. The average Bonchev–Trinajstić information content (AvgIpc) is 2.42. The van der Waals surface area contributed by atoms with Crippen LogP contribution < -0.4 is 0 Å². The van der Waals surface area contributed by atoms with Crippen LogP contribution in [0.4, 0.5) is 0 Å². The minimum Gasteiger partial charge on any atom is -0.307 e. The summed E-state index contributed by atoms with van der Waals surface area (Å²) in [6.45, 7) is 6.50. The molecular weight excluding hydrogens is 172 g/mol. The van der Waals surface area contributed by atoms with E-state index >= 15 is 0 Å². The van der Waals surface area contributed by atoms with Crippen LogP contribution in [0.15, 0.2) is 24.5 Å². The highest BCUT2D eigenvalue weighted by atomic mass is 15.0. The Labute approximate surface area is 84.6 Å². The van der Waals surface area contributed by atoms with E-state index in [0.717, 1.165) is 17.8 Å². The van der Waals surface area contributed by atoms with Crippen molar-refractivity contribution in [3.05, 3.63) is 35.8 Å². The van der Waals surface area contributed by atoms with Crippen molar-refractivity contribution in [3.8, 4) is 0 Å². The van der Waals surface area contributed by atoms with E-state index in [9.17, 15) is 0 Å². The van der Waals surface area contributed by atoms with Gasteiger partial charge in [0.05, 0.1) is 5.69 Å². The summed E-state index contributed by atoms with van der Waals surface area (Å²) in [4.78, 5) is 4.40. The van der Waals surface area contributed by atoms with Crippen molar-refractivity contribution in [2.45, 2.75) is 27.2 Å². The van der Waals surface area contributed by atoms with Gasteiger partial charge in [-0.15, -0.1) is 0 Å². The summed E-state index contributed by atoms with van der Waals surface area (Å²) in [5.41, 5.74) is 3.49. The fourth-order valence-electron chi connectivity index (χ4n) is 1.76. The molecule has 0 aliphatic rings. The molecule has 0 amide bonds. The molecule has 0 unspecified atom stereocenters. The van der Waals surface area contributed by atoms with Gasteiger partial charge in [-0.05, 0) is 30.9 Å². The summed E-state index contributed by atoms with van der Waals surface area (Å²) < 4.78 is 2.10. The van der Waals surface area contributed by atoms with E-state index in [0.29, 0.717) is 5.92 Å². The van der Waals surface area contributed by atoms with Crippen LogP contribution in [0, 0.1) is 12.8 Å². The summed E-state index contributed by atoms with van der Waals surface area (Å²) in [5, 5.41) is 0. The minimum absolute atomic E-state index is 0.706. The van der Waals surface area contributed by atoms with E-state index in [1.54, 1.807) is 0 Å². The summed E-state index contributed by atoms with van der Waals surface area (Å²) in [5.74, 6) is 0.706. The van der Waals surface area contributed by atoms with Crippen molar-refractivity contribution < 1.29 is 0 Å². The van der Waals surface area contributed by atoms with Crippen molar-refractivity contribution in [2.75, 3.05) is 0 Å². The lowest BCUT2D eigenvalue weighted by atomic mass is 10.1. The number of aromatic nitrogens is 2. The van der Waals surface area contributed by atoms with Crippen LogP contribution in [-0.4, -0.2) is 9.38 Å². The summed E-state index contributed by atoms with van der Waals surface area (Å²) in [7, 11) is 0. The molecule has 0 saturated carbocycles. The van der Waals surface area contributed by atoms with Crippen molar-refractivity contribution in [2.24, 2.45) is 5.92 Å². The van der Waals surface area contributed by atoms with Gasteiger partial charge in [-0.1, -0.05) is 19.9 Å². The predicted octanol–water partition coefficient (Wildman–Crippen LogP) is 2.84. The quantitative estimate of drug-likeness (QED) is 0.708. The normalized spacial score (nSPS) is 11.4. The van der Waals surface area contributed by atoms with E-state index in [2.05, 4.69) is 47.8 Å². The van der Waals surface area contributed by atoms with Crippen LogP contribution in [0.25, 0.3) is 5.65 Å². The zero-order chi connectivity index (χ0) is 10.1. The third-order valence-electron chi connectivity index (χ3n) is 2.28. The Bertz CT molecular complexity index is 441. The third kappa shape index (κ3) is 1.79. The molecule has 0 N–H and O–H groups in total. The fraction of sp³-hybridized carbons (Fsp3) is 0.417. The Morgan fingerprint density at radius 1 is 1.29 bits per heavy atom. The molecule has 74 valence electrons. The van der Waals surface area contributed by atoms with Gasteiger partial charge >= 0.3 is 0 Å². The first kappa shape index (κ1) is 9.25. The van der Waals surface area contributed by atoms with E-state index in [1.807, 2.05) is 6.92 Å². The highest BCUT2D eigenvalue weighted by molar-refractivity contribution is 5.41. The Morgan fingerprint density at radius 2 is 2.07 bits per heavy atom. The molecule has 0 fully saturated rings. The van der Waals surface area contributed by atoms with Crippen molar-refractivity contribution in [1.29, 1.82) is 0 Å². The molecule has 2 aromatic rings. The molecule has 2 rings (SSSR count). The molecule has 14 heavy (non-hydrogen) atoms. The predicted molar refractivity (Wildman–Crippen MR) is 58.5 cm³/mol. The maximum Gasteiger partial charge on any atom is 0.136 e. The fourth-order valence-corrected chi connectivity index (χ4v) is 1.76. The van der Waals surface area contributed by atoms with Crippen LogP contribution in [0.1, 0.15) is 25.1 Å². The van der Waals surface area contributed by atoms with Gasteiger partial charge < -0.3 is 4.40 Å². The van der Waals surface area contributed by atoms with Crippen LogP contribution in [0.2, 0.25) is 0 Å². The zero-order valence-corrected chi connectivity index (χ0v) is 8.99. The number of rotatable bonds is 2. The van der Waals surface area contributed by atoms with Gasteiger partial charge in [0.2, 0.25) is 0 Å². The second-order valence-corrected chi connectivity index (χ2v) is 4.28. The maximum absolute atomic E-state index is 4.40. The first-order chi connectivity index (χ1) is 6.65. The molecule has 0 aromatic carbocycles. The summed E-state index contributed by atoms with van der Waals surface area (Å²) in [6, 6.07) is 4.26. The van der Waals surface area contributed by atoms with Crippen molar-refractivity contribution in [1.82, 2.24) is 9.38 Å². The van der Waals surface area contributed by atoms with Gasteiger partial charge in [0.25, 0.3) is 0 Å². The molecule has 2 nitrogen and oxygen atoms in total. The van der Waals surface area contributed by atoms with Gasteiger partial charge in [-0.2, -0.15) is 0 Å². The SMILES string of the molecule is Cc1cn2cc(CC(C)C)ccc2n1. The van der Waals surface area contributed by atoms with Gasteiger partial charge in [0.1, 0.15) is 5.65 Å². The molecule has 2 heterocycles. The number of hydrogen-bond donors (Lipinski definition) is 0. The standard InChI is InChI=1S/C12H16N2/c1-9(2)6-11-4-5-12-13-10(3)7-14(12)8-11/h4-5,7-9H,6H2,1-3H3. The largest absolute Gasteiger partial charge is 0.307 e. The van der Waals surface area contributed by atoms with E-state index in [-0.39, 0.29) is 0 Å². The molecule has 0 aliphatic carbocycles. The lowest BCUT2D eigenvalue weighted by Crippen LogP contribution is -1.95. The molecule has 0 aliphatic heterocycles. The van der Waals surface area contributed by atoms with Crippen LogP contribution >= 0.6 is 0 Å². The first-order valence-corrected chi connectivity index (χ1v) is 5.09. The monoisotopic (exact) mass is 188 g/mol. The van der Waals surface area contributed by atoms with Crippen molar-refractivity contribution in [3.63, 3.8) is 0 Å². The van der Waals surface area contributed by atoms with E-state index in [1.165, 1.54) is 5.56 Å². The zero-order valence-electron chi connectivity index (χ0n) is 8.99. The van der Waals surface area contributed by atoms with Crippen molar-refractivity contribution >= 4 is 5.65 Å². The maximum atomic E-state index is 4.40. The number of nitrogens with zero attached hydrogens (tertiary/aromatic N) is 2. The summed E-state index contributed by atoms with van der Waals surface area (Å²) >= 11 is 0. The molecule has 2 aromatic heterocycles. The highest BCUT2D eigenvalue weighted by Gasteiger charge is 2.01. The highest BCUT2D eigenvalue weighted by Crippen LogP contribution is 2.11. The lowest BCUT2D eigenvalue weighted by molar-refractivity contribution is 0.645. The number of pyridine rings is 1. The Hall–Kier alpha value is -1.31. The molecule has 0 radical (unpaired) electrons. The minimum atomic E-state index is 0.706. The third-order valence-corrected chi connectivity index (χ3v) is 2.28. The van der Waals surface area contributed by atoms with Crippen LogP contribution in [-0.2, 0) is 6.42 Å². The van der Waals surface area contributed by atoms with Crippen LogP contribution in [0.5, 0.6) is 0 Å². The summed E-state index contributed by atoms with van der Waals surface area (Å²) in [6.07, 6.45) is 5.38. The Kier molecular flexibility index (Phi) is 2.28. The van der Waals surface area contributed by atoms with Gasteiger partial charge in [0, 0.05) is 12.4 Å². The Balaban J connectivity index is 2.40. The average molecular weight is 188 g/mol.